The van der Waals surface area contributed by atoms with E-state index in [1.165, 1.54) is 17.5 Å². The van der Waals surface area contributed by atoms with Gasteiger partial charge in [-0.05, 0) is 55.5 Å². The summed E-state index contributed by atoms with van der Waals surface area (Å²) in [5, 5.41) is 3.49. The number of nitrogens with zero attached hydrogens (tertiary/aromatic N) is 2. The first-order chi connectivity index (χ1) is 12.2. The van der Waals surface area contributed by atoms with Crippen LogP contribution in [0.15, 0.2) is 42.6 Å². The van der Waals surface area contributed by atoms with Crippen molar-refractivity contribution < 1.29 is 4.79 Å². The van der Waals surface area contributed by atoms with Crippen LogP contribution in [0.5, 0.6) is 0 Å². The number of nitrogens with one attached hydrogen (secondary N) is 1. The van der Waals surface area contributed by atoms with Crippen LogP contribution in [0, 0.1) is 0 Å². The lowest BCUT2D eigenvalue weighted by Gasteiger charge is -2.37. The summed E-state index contributed by atoms with van der Waals surface area (Å²) >= 11 is 0. The molecule has 130 valence electrons. The Morgan fingerprint density at radius 1 is 1.20 bits per heavy atom. The molecule has 4 rings (SSSR count). The van der Waals surface area contributed by atoms with Crippen molar-refractivity contribution in [2.45, 2.75) is 37.8 Å². The molecule has 1 aromatic heterocycles. The molecule has 1 aliphatic heterocycles. The van der Waals surface area contributed by atoms with E-state index in [9.17, 15) is 4.79 Å². The lowest BCUT2D eigenvalue weighted by molar-refractivity contribution is 0.1000. The molecule has 1 fully saturated rings. The third-order valence-corrected chi connectivity index (χ3v) is 5.40. The molecule has 1 amide bonds. The van der Waals surface area contributed by atoms with E-state index in [2.05, 4.69) is 39.5 Å². The minimum atomic E-state index is -0.417. The number of piperidine rings is 1. The summed E-state index contributed by atoms with van der Waals surface area (Å²) in [6, 6.07) is 13.1. The molecule has 0 spiro atoms. The molecule has 0 saturated carbocycles. The van der Waals surface area contributed by atoms with Gasteiger partial charge in [0, 0.05) is 30.4 Å². The molecule has 0 bridgehead atoms. The maximum absolute atomic E-state index is 11.3. The number of likely N-dealkylation sites (tertiary alicyclic amines) is 1. The van der Waals surface area contributed by atoms with Crippen LogP contribution in [0.1, 0.15) is 34.3 Å². The highest BCUT2D eigenvalue weighted by Gasteiger charge is 2.30. The fourth-order valence-electron chi connectivity index (χ4n) is 4.12. The smallest absolute Gasteiger partial charge is 0.248 e. The standard InChI is InChI=1S/C20H24N4O/c21-20(25)16-7-8-22-19(12-16)23-17-6-3-9-24(13-17)18-10-14-4-1-2-5-15(14)11-18/h1-2,4-5,7-8,12,17-18H,3,6,9-11,13H2,(H2,21,25)(H,22,23). The molecule has 1 aliphatic carbocycles. The van der Waals surface area contributed by atoms with Crippen LogP contribution in [0.25, 0.3) is 0 Å². The van der Waals surface area contributed by atoms with Crippen molar-refractivity contribution >= 4 is 11.7 Å². The van der Waals surface area contributed by atoms with Crippen molar-refractivity contribution in [2.24, 2.45) is 5.73 Å². The Hall–Kier alpha value is -2.40. The van der Waals surface area contributed by atoms with Gasteiger partial charge < -0.3 is 11.1 Å². The van der Waals surface area contributed by atoms with Gasteiger partial charge in [0.1, 0.15) is 5.82 Å². The van der Waals surface area contributed by atoms with E-state index in [1.807, 2.05) is 0 Å². The molecule has 0 radical (unpaired) electrons. The lowest BCUT2D eigenvalue weighted by Crippen LogP contribution is -2.47. The summed E-state index contributed by atoms with van der Waals surface area (Å²) in [6.45, 7) is 2.17. The number of hydrogen-bond donors (Lipinski definition) is 2. The minimum absolute atomic E-state index is 0.355. The molecule has 1 aromatic carbocycles. The largest absolute Gasteiger partial charge is 0.366 e. The summed E-state index contributed by atoms with van der Waals surface area (Å²) in [4.78, 5) is 18.3. The number of amides is 1. The molecule has 25 heavy (non-hydrogen) atoms. The topological polar surface area (TPSA) is 71.2 Å². The number of anilines is 1. The molecule has 5 heteroatoms. The van der Waals surface area contributed by atoms with E-state index in [0.29, 0.717) is 17.6 Å². The average Bonchev–Trinajstić information content (AvgIpc) is 3.06. The lowest BCUT2D eigenvalue weighted by atomic mass is 10.0. The van der Waals surface area contributed by atoms with Crippen LogP contribution in [0.3, 0.4) is 0 Å². The molecular weight excluding hydrogens is 312 g/mol. The Kier molecular flexibility index (Phi) is 4.40. The van der Waals surface area contributed by atoms with Gasteiger partial charge in [-0.25, -0.2) is 4.98 Å². The van der Waals surface area contributed by atoms with E-state index < -0.39 is 5.91 Å². The van der Waals surface area contributed by atoms with Crippen LogP contribution in [-0.4, -0.2) is 41.0 Å². The Morgan fingerprint density at radius 2 is 1.96 bits per heavy atom. The zero-order chi connectivity index (χ0) is 17.2. The van der Waals surface area contributed by atoms with Crippen LogP contribution in [0.2, 0.25) is 0 Å². The van der Waals surface area contributed by atoms with Crippen molar-refractivity contribution in [1.29, 1.82) is 0 Å². The molecule has 2 aromatic rings. The van der Waals surface area contributed by atoms with E-state index in [0.717, 1.165) is 38.2 Å². The number of aromatic nitrogens is 1. The Bertz CT molecular complexity index is 751. The first kappa shape index (κ1) is 16.1. The Balaban J connectivity index is 1.40. The summed E-state index contributed by atoms with van der Waals surface area (Å²) < 4.78 is 0. The molecule has 5 nitrogen and oxygen atoms in total. The summed E-state index contributed by atoms with van der Waals surface area (Å²) in [5.41, 5.74) is 8.85. The quantitative estimate of drug-likeness (QED) is 0.898. The van der Waals surface area contributed by atoms with Gasteiger partial charge in [-0.3, -0.25) is 9.69 Å². The van der Waals surface area contributed by atoms with Gasteiger partial charge in [-0.2, -0.15) is 0 Å². The number of fused-ring (bicyclic) bond motifs is 1. The van der Waals surface area contributed by atoms with Gasteiger partial charge in [0.05, 0.1) is 0 Å². The highest BCUT2D eigenvalue weighted by molar-refractivity contribution is 5.93. The van der Waals surface area contributed by atoms with Gasteiger partial charge in [0.15, 0.2) is 0 Å². The highest BCUT2D eigenvalue weighted by atomic mass is 16.1. The first-order valence-electron chi connectivity index (χ1n) is 9.02. The zero-order valence-electron chi connectivity index (χ0n) is 14.3. The number of primary amides is 1. The summed E-state index contributed by atoms with van der Waals surface area (Å²) in [7, 11) is 0. The SMILES string of the molecule is NC(=O)c1ccnc(NC2CCCN(C3Cc4ccccc4C3)C2)c1. The van der Waals surface area contributed by atoms with E-state index >= 15 is 0 Å². The van der Waals surface area contributed by atoms with Crippen molar-refractivity contribution in [3.05, 3.63) is 59.3 Å². The van der Waals surface area contributed by atoms with Crippen molar-refractivity contribution in [3.63, 3.8) is 0 Å². The van der Waals surface area contributed by atoms with Gasteiger partial charge in [-0.1, -0.05) is 24.3 Å². The monoisotopic (exact) mass is 336 g/mol. The molecule has 3 N–H and O–H groups in total. The van der Waals surface area contributed by atoms with Gasteiger partial charge in [-0.15, -0.1) is 0 Å². The average molecular weight is 336 g/mol. The van der Waals surface area contributed by atoms with Gasteiger partial charge in [0.2, 0.25) is 5.91 Å². The second-order valence-electron chi connectivity index (χ2n) is 7.10. The number of pyridine rings is 1. The van der Waals surface area contributed by atoms with Crippen molar-refractivity contribution in [3.8, 4) is 0 Å². The molecular formula is C20H24N4O. The second kappa shape index (κ2) is 6.84. The number of hydrogen-bond acceptors (Lipinski definition) is 4. The second-order valence-corrected chi connectivity index (χ2v) is 7.10. The Labute approximate surface area is 148 Å². The van der Waals surface area contributed by atoms with Crippen LogP contribution < -0.4 is 11.1 Å². The minimum Gasteiger partial charge on any atom is -0.366 e. The van der Waals surface area contributed by atoms with E-state index in [4.69, 9.17) is 5.73 Å². The highest BCUT2D eigenvalue weighted by Crippen LogP contribution is 2.28. The van der Waals surface area contributed by atoms with Crippen molar-refractivity contribution in [2.75, 3.05) is 18.4 Å². The van der Waals surface area contributed by atoms with Crippen molar-refractivity contribution in [1.82, 2.24) is 9.88 Å². The van der Waals surface area contributed by atoms with Crippen LogP contribution in [-0.2, 0) is 12.8 Å². The third-order valence-electron chi connectivity index (χ3n) is 5.40. The number of rotatable bonds is 4. The summed E-state index contributed by atoms with van der Waals surface area (Å²) in [6.07, 6.45) is 6.24. The van der Waals surface area contributed by atoms with Crippen LogP contribution in [0.4, 0.5) is 5.82 Å². The zero-order valence-corrected chi connectivity index (χ0v) is 14.3. The van der Waals surface area contributed by atoms with Gasteiger partial charge >= 0.3 is 0 Å². The van der Waals surface area contributed by atoms with E-state index in [1.54, 1.807) is 18.3 Å². The normalized spacial score (nSPS) is 21.0. The fraction of sp³-hybridized carbons (Fsp3) is 0.400. The Morgan fingerprint density at radius 3 is 2.68 bits per heavy atom. The maximum Gasteiger partial charge on any atom is 0.248 e. The number of carbonyl (C=O) groups is 1. The van der Waals surface area contributed by atoms with Gasteiger partial charge in [0.25, 0.3) is 0 Å². The number of benzene rings is 1. The predicted molar refractivity (Wildman–Crippen MR) is 98.6 cm³/mol. The maximum atomic E-state index is 11.3. The van der Waals surface area contributed by atoms with Crippen LogP contribution >= 0.6 is 0 Å². The molecule has 1 saturated heterocycles. The number of nitrogens with two attached hydrogens (primary N) is 1. The molecule has 2 heterocycles. The first-order valence-corrected chi connectivity index (χ1v) is 9.02. The molecule has 1 atom stereocenters. The number of carbonyl (C=O) groups excluding carboxylic acids is 1. The van der Waals surface area contributed by atoms with E-state index in [-0.39, 0.29) is 0 Å². The third kappa shape index (κ3) is 3.51. The fourth-order valence-corrected chi connectivity index (χ4v) is 4.12. The molecule has 1 unspecified atom stereocenters. The molecule has 2 aliphatic rings. The summed E-state index contributed by atoms with van der Waals surface area (Å²) in [5.74, 6) is 0.317. The predicted octanol–water partition coefficient (Wildman–Crippen LogP) is 2.22.